The van der Waals surface area contributed by atoms with Crippen LogP contribution in [0, 0.1) is 6.92 Å². The lowest BCUT2D eigenvalue weighted by molar-refractivity contribution is -0.119. The number of nitrogens with one attached hydrogen (secondary N) is 1. The summed E-state index contributed by atoms with van der Waals surface area (Å²) in [6.07, 6.45) is 3.76. The maximum absolute atomic E-state index is 12.7. The average molecular weight is 444 g/mol. The Hall–Kier alpha value is -2.20. The summed E-state index contributed by atoms with van der Waals surface area (Å²) in [6.45, 7) is 3.45. The molecule has 0 aliphatic carbocycles. The molecule has 10 heteroatoms. The third-order valence-corrected chi connectivity index (χ3v) is 5.32. The largest absolute Gasteiger partial charge is 0.465 e. The van der Waals surface area contributed by atoms with E-state index in [9.17, 15) is 14.4 Å². The fourth-order valence-corrected chi connectivity index (χ4v) is 3.83. The van der Waals surface area contributed by atoms with Crippen LogP contribution < -0.4 is 5.32 Å². The van der Waals surface area contributed by atoms with Crippen molar-refractivity contribution in [1.29, 1.82) is 0 Å². The number of anilines is 1. The van der Waals surface area contributed by atoms with Crippen molar-refractivity contribution in [2.24, 2.45) is 0 Å². The first-order valence-electron chi connectivity index (χ1n) is 7.64. The van der Waals surface area contributed by atoms with Crippen molar-refractivity contribution in [2.75, 3.05) is 19.5 Å². The van der Waals surface area contributed by atoms with E-state index < -0.39 is 18.0 Å². The molecule has 2 aromatic rings. The minimum Gasteiger partial charge on any atom is -0.465 e. The summed E-state index contributed by atoms with van der Waals surface area (Å²) in [5.74, 6) is -1.58. The van der Waals surface area contributed by atoms with Gasteiger partial charge in [-0.2, -0.15) is 5.10 Å². The standard InChI is InChI=1S/C16H18BrN3O5S/c1-5-10(20-7-9(17)6-18-20)13(21)19-14-11(15(22)24-3)8(2)12(26-14)16(23)25-4/h6-7,10H,5H2,1-4H3,(H,19,21). The Kier molecular flexibility index (Phi) is 6.54. The molecule has 0 aromatic carbocycles. The topological polar surface area (TPSA) is 99.5 Å². The lowest BCUT2D eigenvalue weighted by Crippen LogP contribution is -2.26. The maximum atomic E-state index is 12.7. The van der Waals surface area contributed by atoms with Gasteiger partial charge in [0.25, 0.3) is 0 Å². The van der Waals surface area contributed by atoms with E-state index in [4.69, 9.17) is 9.47 Å². The molecule has 1 atom stereocenters. The number of thiophene rings is 1. The molecule has 0 radical (unpaired) electrons. The van der Waals surface area contributed by atoms with Gasteiger partial charge in [-0.15, -0.1) is 11.3 Å². The first-order valence-corrected chi connectivity index (χ1v) is 9.25. The van der Waals surface area contributed by atoms with Crippen LogP contribution in [0.5, 0.6) is 0 Å². The molecule has 8 nitrogen and oxygen atoms in total. The fraction of sp³-hybridized carbons (Fsp3) is 0.375. The van der Waals surface area contributed by atoms with Gasteiger partial charge in [0.1, 0.15) is 15.9 Å². The highest BCUT2D eigenvalue weighted by Crippen LogP contribution is 2.34. The Labute approximate surface area is 162 Å². The molecule has 0 saturated carbocycles. The van der Waals surface area contributed by atoms with Crippen molar-refractivity contribution in [3.63, 3.8) is 0 Å². The Balaban J connectivity index is 2.39. The molecule has 1 N–H and O–H groups in total. The van der Waals surface area contributed by atoms with Gasteiger partial charge in [-0.25, -0.2) is 9.59 Å². The predicted octanol–water partition coefficient (Wildman–Crippen LogP) is 3.18. The smallest absolute Gasteiger partial charge is 0.348 e. The average Bonchev–Trinajstić information content (AvgIpc) is 3.18. The van der Waals surface area contributed by atoms with E-state index in [1.165, 1.54) is 18.9 Å². The van der Waals surface area contributed by atoms with Crippen LogP contribution in [0.3, 0.4) is 0 Å². The van der Waals surface area contributed by atoms with Crippen molar-refractivity contribution < 1.29 is 23.9 Å². The highest BCUT2D eigenvalue weighted by Gasteiger charge is 2.28. The molecule has 2 aromatic heterocycles. The second-order valence-corrected chi connectivity index (χ2v) is 7.23. The highest BCUT2D eigenvalue weighted by atomic mass is 79.9. The van der Waals surface area contributed by atoms with Gasteiger partial charge in [-0.05, 0) is 34.8 Å². The van der Waals surface area contributed by atoms with Crippen LogP contribution in [-0.2, 0) is 14.3 Å². The zero-order valence-electron chi connectivity index (χ0n) is 14.7. The zero-order valence-corrected chi connectivity index (χ0v) is 17.1. The molecule has 140 valence electrons. The SMILES string of the molecule is CCC(C(=O)Nc1sc(C(=O)OC)c(C)c1C(=O)OC)n1cc(Br)cn1. The zero-order chi connectivity index (χ0) is 19.4. The molecule has 0 saturated heterocycles. The first-order chi connectivity index (χ1) is 12.3. The van der Waals surface area contributed by atoms with E-state index in [-0.39, 0.29) is 21.3 Å². The molecule has 0 bridgehead atoms. The van der Waals surface area contributed by atoms with Crippen molar-refractivity contribution in [3.8, 4) is 0 Å². The van der Waals surface area contributed by atoms with Gasteiger partial charge < -0.3 is 14.8 Å². The summed E-state index contributed by atoms with van der Waals surface area (Å²) >= 11 is 4.27. The third kappa shape index (κ3) is 3.96. The van der Waals surface area contributed by atoms with Gasteiger partial charge >= 0.3 is 11.9 Å². The maximum Gasteiger partial charge on any atom is 0.348 e. The molecule has 0 aliphatic rings. The number of esters is 2. The quantitative estimate of drug-likeness (QED) is 0.688. The van der Waals surface area contributed by atoms with Crippen LogP contribution in [0.25, 0.3) is 0 Å². The molecule has 0 fully saturated rings. The van der Waals surface area contributed by atoms with Gasteiger partial charge in [0, 0.05) is 6.20 Å². The highest BCUT2D eigenvalue weighted by molar-refractivity contribution is 9.10. The van der Waals surface area contributed by atoms with Gasteiger partial charge in [0.05, 0.1) is 30.5 Å². The van der Waals surface area contributed by atoms with E-state index in [0.29, 0.717) is 12.0 Å². The summed E-state index contributed by atoms with van der Waals surface area (Å²) < 4.78 is 11.8. The molecule has 0 spiro atoms. The van der Waals surface area contributed by atoms with Gasteiger partial charge in [0.2, 0.25) is 5.91 Å². The second kappa shape index (κ2) is 8.45. The summed E-state index contributed by atoms with van der Waals surface area (Å²) in [4.78, 5) is 37.0. The Morgan fingerprint density at radius 1 is 1.31 bits per heavy atom. The molecular formula is C16H18BrN3O5S. The summed E-state index contributed by atoms with van der Waals surface area (Å²) in [5, 5.41) is 7.09. The molecule has 1 amide bonds. The number of methoxy groups -OCH3 is 2. The van der Waals surface area contributed by atoms with Gasteiger partial charge in [-0.3, -0.25) is 9.48 Å². The lowest BCUT2D eigenvalue weighted by atomic mass is 10.1. The van der Waals surface area contributed by atoms with Gasteiger partial charge in [0.15, 0.2) is 0 Å². The number of carbonyl (C=O) groups excluding carboxylic acids is 3. The Morgan fingerprint density at radius 2 is 1.96 bits per heavy atom. The monoisotopic (exact) mass is 443 g/mol. The first kappa shape index (κ1) is 20.1. The van der Waals surface area contributed by atoms with E-state index in [1.54, 1.807) is 19.3 Å². The number of nitrogens with zero attached hydrogens (tertiary/aromatic N) is 2. The van der Waals surface area contributed by atoms with E-state index >= 15 is 0 Å². The molecule has 0 aliphatic heterocycles. The number of ether oxygens (including phenoxy) is 2. The minimum atomic E-state index is -0.640. The number of carbonyl (C=O) groups is 3. The number of hydrogen-bond donors (Lipinski definition) is 1. The minimum absolute atomic E-state index is 0.141. The van der Waals surface area contributed by atoms with E-state index in [2.05, 4.69) is 26.3 Å². The predicted molar refractivity (Wildman–Crippen MR) is 99.6 cm³/mol. The van der Waals surface area contributed by atoms with Crippen LogP contribution in [0.2, 0.25) is 0 Å². The second-order valence-electron chi connectivity index (χ2n) is 5.30. The van der Waals surface area contributed by atoms with Crippen LogP contribution in [0.1, 0.15) is 45.0 Å². The summed E-state index contributed by atoms with van der Waals surface area (Å²) in [6, 6.07) is -0.573. The van der Waals surface area contributed by atoms with Crippen LogP contribution in [-0.4, -0.2) is 41.8 Å². The van der Waals surface area contributed by atoms with Crippen molar-refractivity contribution >= 4 is 50.1 Å². The van der Waals surface area contributed by atoms with Crippen molar-refractivity contribution in [3.05, 3.63) is 32.9 Å². The summed E-state index contributed by atoms with van der Waals surface area (Å²) in [7, 11) is 2.49. The number of halogens is 1. The number of aromatic nitrogens is 2. The number of hydrogen-bond acceptors (Lipinski definition) is 7. The Bertz CT molecular complexity index is 845. The Morgan fingerprint density at radius 3 is 2.46 bits per heavy atom. The van der Waals surface area contributed by atoms with Gasteiger partial charge in [-0.1, -0.05) is 6.92 Å². The molecule has 26 heavy (non-hydrogen) atoms. The molecule has 1 unspecified atom stereocenters. The lowest BCUT2D eigenvalue weighted by Gasteiger charge is -2.15. The molecular weight excluding hydrogens is 426 g/mol. The van der Waals surface area contributed by atoms with E-state index in [1.807, 2.05) is 6.92 Å². The number of rotatable bonds is 6. The van der Waals surface area contributed by atoms with Crippen LogP contribution in [0.15, 0.2) is 16.9 Å². The fourth-order valence-electron chi connectivity index (χ4n) is 2.41. The van der Waals surface area contributed by atoms with Crippen LogP contribution >= 0.6 is 27.3 Å². The molecule has 2 heterocycles. The van der Waals surface area contributed by atoms with E-state index in [0.717, 1.165) is 15.8 Å². The van der Waals surface area contributed by atoms with Crippen molar-refractivity contribution in [1.82, 2.24) is 9.78 Å². The van der Waals surface area contributed by atoms with Crippen molar-refractivity contribution in [2.45, 2.75) is 26.3 Å². The molecule has 2 rings (SSSR count). The van der Waals surface area contributed by atoms with Crippen LogP contribution in [0.4, 0.5) is 5.00 Å². The normalized spacial score (nSPS) is 11.7. The third-order valence-electron chi connectivity index (χ3n) is 3.72. The summed E-state index contributed by atoms with van der Waals surface area (Å²) in [5.41, 5.74) is 0.543. The number of amides is 1.